The number of imidazole rings is 1. The van der Waals surface area contributed by atoms with Crippen LogP contribution in [-0.2, 0) is 6.42 Å². The van der Waals surface area contributed by atoms with Crippen molar-refractivity contribution < 1.29 is 0 Å². The Morgan fingerprint density at radius 2 is 1.86 bits per heavy atom. The molecule has 0 spiro atoms. The van der Waals surface area contributed by atoms with E-state index < -0.39 is 0 Å². The second-order valence-corrected chi connectivity index (χ2v) is 6.56. The molecule has 0 bridgehead atoms. The molecular formula is C18H17N3S. The average Bonchev–Trinajstić information content (AvgIpc) is 2.94. The Morgan fingerprint density at radius 3 is 2.68 bits per heavy atom. The summed E-state index contributed by atoms with van der Waals surface area (Å²) in [5, 5.41) is 1.06. The number of hydrogen-bond acceptors (Lipinski definition) is 3. The van der Waals surface area contributed by atoms with Gasteiger partial charge < -0.3 is 0 Å². The van der Waals surface area contributed by atoms with E-state index in [-0.39, 0.29) is 6.04 Å². The van der Waals surface area contributed by atoms with E-state index >= 15 is 0 Å². The lowest BCUT2D eigenvalue weighted by Crippen LogP contribution is -2.21. The van der Waals surface area contributed by atoms with E-state index in [4.69, 9.17) is 9.98 Å². The van der Waals surface area contributed by atoms with Crippen LogP contribution >= 0.6 is 11.8 Å². The highest BCUT2D eigenvalue weighted by Crippen LogP contribution is 2.31. The number of aromatic nitrogens is 2. The van der Waals surface area contributed by atoms with Crippen molar-refractivity contribution in [2.75, 3.05) is 5.75 Å². The summed E-state index contributed by atoms with van der Waals surface area (Å²) in [5.41, 5.74) is 3.47. The SMILES string of the molecule is CCSC1=NC(c2ccccc2)Cc2nc3ccccc3n21. The fourth-order valence-corrected chi connectivity index (χ4v) is 3.73. The van der Waals surface area contributed by atoms with E-state index in [0.717, 1.165) is 34.2 Å². The summed E-state index contributed by atoms with van der Waals surface area (Å²) in [7, 11) is 0. The van der Waals surface area contributed by atoms with Gasteiger partial charge in [0, 0.05) is 6.42 Å². The van der Waals surface area contributed by atoms with Crippen LogP contribution in [-0.4, -0.2) is 20.5 Å². The minimum Gasteiger partial charge on any atom is -0.275 e. The summed E-state index contributed by atoms with van der Waals surface area (Å²) in [6.07, 6.45) is 0.854. The van der Waals surface area contributed by atoms with Crippen LogP contribution in [0.4, 0.5) is 0 Å². The number of aliphatic imine (C=N–C) groups is 1. The molecule has 0 saturated carbocycles. The smallest absolute Gasteiger partial charge is 0.170 e. The van der Waals surface area contributed by atoms with Gasteiger partial charge in [0.25, 0.3) is 0 Å². The van der Waals surface area contributed by atoms with Crippen LogP contribution in [0.1, 0.15) is 24.4 Å². The van der Waals surface area contributed by atoms with Gasteiger partial charge >= 0.3 is 0 Å². The maximum Gasteiger partial charge on any atom is 0.170 e. The molecule has 3 aromatic rings. The summed E-state index contributed by atoms with van der Waals surface area (Å²) in [5.74, 6) is 2.12. The van der Waals surface area contributed by atoms with E-state index in [2.05, 4.69) is 54.0 Å². The van der Waals surface area contributed by atoms with Gasteiger partial charge in [0.2, 0.25) is 0 Å². The number of thioether (sulfide) groups is 1. The minimum absolute atomic E-state index is 0.166. The van der Waals surface area contributed by atoms with Crippen molar-refractivity contribution in [2.45, 2.75) is 19.4 Å². The third-order valence-corrected chi connectivity index (χ3v) is 4.76. The summed E-state index contributed by atoms with van der Waals surface area (Å²) < 4.78 is 2.23. The number of benzene rings is 2. The van der Waals surface area contributed by atoms with Crippen LogP contribution in [0.25, 0.3) is 11.0 Å². The van der Waals surface area contributed by atoms with Crippen LogP contribution in [0.2, 0.25) is 0 Å². The fraction of sp³-hybridized carbons (Fsp3) is 0.222. The van der Waals surface area contributed by atoms with Crippen molar-refractivity contribution in [2.24, 2.45) is 4.99 Å². The molecule has 1 aliphatic rings. The van der Waals surface area contributed by atoms with E-state index in [1.54, 1.807) is 11.8 Å². The first-order valence-electron chi connectivity index (χ1n) is 7.59. The number of rotatable bonds is 2. The molecule has 1 unspecified atom stereocenters. The van der Waals surface area contributed by atoms with Crippen molar-refractivity contribution >= 4 is 28.0 Å². The number of hydrogen-bond donors (Lipinski definition) is 0. The molecule has 110 valence electrons. The lowest BCUT2D eigenvalue weighted by Gasteiger charge is -2.22. The molecule has 1 aliphatic heterocycles. The Kier molecular flexibility index (Phi) is 3.47. The molecule has 0 fully saturated rings. The average molecular weight is 307 g/mol. The number of para-hydroxylation sites is 2. The quantitative estimate of drug-likeness (QED) is 0.707. The standard InChI is InChI=1S/C18H17N3S/c1-2-22-18-20-15(13-8-4-3-5-9-13)12-17-19-14-10-6-7-11-16(14)21(17)18/h3-11,15H,2,12H2,1H3. The lowest BCUT2D eigenvalue weighted by atomic mass is 10.0. The summed E-state index contributed by atoms with van der Waals surface area (Å²) in [6.45, 7) is 2.16. The molecule has 0 N–H and O–H groups in total. The van der Waals surface area contributed by atoms with Gasteiger partial charge in [-0.1, -0.05) is 61.2 Å². The van der Waals surface area contributed by atoms with Crippen LogP contribution in [0.5, 0.6) is 0 Å². The molecule has 0 amide bonds. The monoisotopic (exact) mass is 307 g/mol. The van der Waals surface area contributed by atoms with Crippen molar-refractivity contribution in [1.82, 2.24) is 9.55 Å². The molecule has 2 aromatic carbocycles. The Bertz CT molecular complexity index is 836. The first-order valence-corrected chi connectivity index (χ1v) is 8.57. The van der Waals surface area contributed by atoms with Gasteiger partial charge in [-0.05, 0) is 23.4 Å². The highest BCUT2D eigenvalue weighted by Gasteiger charge is 2.25. The second kappa shape index (κ2) is 5.61. The topological polar surface area (TPSA) is 30.2 Å². The molecular weight excluding hydrogens is 290 g/mol. The number of nitrogens with zero attached hydrogens (tertiary/aromatic N) is 3. The maximum atomic E-state index is 5.01. The lowest BCUT2D eigenvalue weighted by molar-refractivity contribution is 0.664. The Balaban J connectivity index is 1.85. The van der Waals surface area contributed by atoms with E-state index in [1.807, 2.05) is 12.1 Å². The molecule has 0 radical (unpaired) electrons. The van der Waals surface area contributed by atoms with Crippen LogP contribution in [0.3, 0.4) is 0 Å². The van der Waals surface area contributed by atoms with Gasteiger partial charge in [-0.25, -0.2) is 4.98 Å². The molecule has 0 aliphatic carbocycles. The third-order valence-electron chi connectivity index (χ3n) is 3.92. The van der Waals surface area contributed by atoms with Gasteiger partial charge in [-0.3, -0.25) is 9.56 Å². The van der Waals surface area contributed by atoms with Crippen molar-refractivity contribution in [1.29, 1.82) is 0 Å². The van der Waals surface area contributed by atoms with E-state index in [0.29, 0.717) is 0 Å². The largest absolute Gasteiger partial charge is 0.275 e. The van der Waals surface area contributed by atoms with Gasteiger partial charge in [0.05, 0.1) is 17.1 Å². The zero-order valence-electron chi connectivity index (χ0n) is 12.4. The second-order valence-electron chi connectivity index (χ2n) is 5.33. The predicted molar refractivity (Wildman–Crippen MR) is 93.6 cm³/mol. The van der Waals surface area contributed by atoms with Gasteiger partial charge in [0.1, 0.15) is 5.82 Å². The summed E-state index contributed by atoms with van der Waals surface area (Å²) in [6, 6.07) is 19.0. The minimum atomic E-state index is 0.166. The third kappa shape index (κ3) is 2.24. The Labute approximate surface area is 134 Å². The fourth-order valence-electron chi connectivity index (χ4n) is 2.93. The zero-order chi connectivity index (χ0) is 14.9. The van der Waals surface area contributed by atoms with Crippen LogP contribution < -0.4 is 0 Å². The first-order chi connectivity index (χ1) is 10.9. The first kappa shape index (κ1) is 13.6. The maximum absolute atomic E-state index is 5.01. The summed E-state index contributed by atoms with van der Waals surface area (Å²) >= 11 is 1.79. The summed E-state index contributed by atoms with van der Waals surface area (Å²) in [4.78, 5) is 9.84. The zero-order valence-corrected chi connectivity index (χ0v) is 13.3. The van der Waals surface area contributed by atoms with Crippen molar-refractivity contribution in [3.8, 4) is 0 Å². The molecule has 4 rings (SSSR count). The Hall–Kier alpha value is -2.07. The predicted octanol–water partition coefficient (Wildman–Crippen LogP) is 4.29. The molecule has 3 nitrogen and oxygen atoms in total. The highest BCUT2D eigenvalue weighted by atomic mass is 32.2. The van der Waals surface area contributed by atoms with E-state index in [1.165, 1.54) is 5.56 Å². The normalized spacial score (nSPS) is 17.3. The molecule has 2 heterocycles. The number of fused-ring (bicyclic) bond motifs is 3. The van der Waals surface area contributed by atoms with Gasteiger partial charge in [-0.15, -0.1) is 0 Å². The molecule has 22 heavy (non-hydrogen) atoms. The molecule has 0 saturated heterocycles. The van der Waals surface area contributed by atoms with Gasteiger partial charge in [-0.2, -0.15) is 0 Å². The molecule has 4 heteroatoms. The Morgan fingerprint density at radius 1 is 1.09 bits per heavy atom. The van der Waals surface area contributed by atoms with Gasteiger partial charge in [0.15, 0.2) is 5.17 Å². The van der Waals surface area contributed by atoms with Crippen molar-refractivity contribution in [3.63, 3.8) is 0 Å². The van der Waals surface area contributed by atoms with Crippen LogP contribution in [0.15, 0.2) is 59.6 Å². The van der Waals surface area contributed by atoms with Crippen molar-refractivity contribution in [3.05, 3.63) is 66.0 Å². The highest BCUT2D eigenvalue weighted by molar-refractivity contribution is 8.13. The molecule has 1 atom stereocenters. The van der Waals surface area contributed by atoms with Crippen LogP contribution in [0, 0.1) is 0 Å². The molecule has 1 aromatic heterocycles. The van der Waals surface area contributed by atoms with E-state index in [9.17, 15) is 0 Å².